The highest BCUT2D eigenvalue weighted by molar-refractivity contribution is 5.74. The van der Waals surface area contributed by atoms with Crippen molar-refractivity contribution in [3.63, 3.8) is 0 Å². The summed E-state index contributed by atoms with van der Waals surface area (Å²) in [6.07, 6.45) is 8.11. The molecule has 0 bridgehead atoms. The Morgan fingerprint density at radius 2 is 1.82 bits per heavy atom. The standard InChI is InChI=1S/C20H30O2/c1-4-20(3,19(21)22)14-15(2)16-10-12-18(13-11-16)17-8-6-5-7-9-17/h10-13,15,17H,4-9,14H2,1-3H3,(H,21,22). The molecule has 0 amide bonds. The van der Waals surface area contributed by atoms with Gasteiger partial charge < -0.3 is 5.11 Å². The molecular weight excluding hydrogens is 272 g/mol. The van der Waals surface area contributed by atoms with Crippen molar-refractivity contribution in [1.82, 2.24) is 0 Å². The van der Waals surface area contributed by atoms with Gasteiger partial charge in [0.2, 0.25) is 0 Å². The molecule has 1 aromatic rings. The fourth-order valence-corrected chi connectivity index (χ4v) is 3.71. The van der Waals surface area contributed by atoms with Gasteiger partial charge in [0.05, 0.1) is 5.41 Å². The average molecular weight is 302 g/mol. The third-order valence-corrected chi connectivity index (χ3v) is 5.64. The monoisotopic (exact) mass is 302 g/mol. The van der Waals surface area contributed by atoms with Gasteiger partial charge >= 0.3 is 5.97 Å². The molecule has 122 valence electrons. The summed E-state index contributed by atoms with van der Waals surface area (Å²) < 4.78 is 0. The van der Waals surface area contributed by atoms with Crippen molar-refractivity contribution in [3.8, 4) is 0 Å². The van der Waals surface area contributed by atoms with Crippen molar-refractivity contribution in [2.75, 3.05) is 0 Å². The van der Waals surface area contributed by atoms with E-state index >= 15 is 0 Å². The molecule has 1 aromatic carbocycles. The maximum atomic E-state index is 11.5. The molecule has 0 heterocycles. The molecule has 1 aliphatic rings. The highest BCUT2D eigenvalue weighted by atomic mass is 16.4. The van der Waals surface area contributed by atoms with Gasteiger partial charge in [0.15, 0.2) is 0 Å². The predicted octanol–water partition coefficient (Wildman–Crippen LogP) is 5.73. The van der Waals surface area contributed by atoms with Gasteiger partial charge in [-0.05, 0) is 55.6 Å². The highest BCUT2D eigenvalue weighted by Gasteiger charge is 2.33. The summed E-state index contributed by atoms with van der Waals surface area (Å²) in [6.45, 7) is 5.97. The first kappa shape index (κ1) is 17.1. The van der Waals surface area contributed by atoms with Gasteiger partial charge in [0.25, 0.3) is 0 Å². The third kappa shape index (κ3) is 3.91. The van der Waals surface area contributed by atoms with Crippen LogP contribution in [0.4, 0.5) is 0 Å². The number of hydrogen-bond donors (Lipinski definition) is 1. The van der Waals surface area contributed by atoms with Crippen molar-refractivity contribution in [1.29, 1.82) is 0 Å². The minimum Gasteiger partial charge on any atom is -0.481 e. The molecule has 2 heteroatoms. The lowest BCUT2D eigenvalue weighted by molar-refractivity contribution is -0.148. The van der Waals surface area contributed by atoms with Gasteiger partial charge in [-0.3, -0.25) is 4.79 Å². The third-order valence-electron chi connectivity index (χ3n) is 5.64. The van der Waals surface area contributed by atoms with Crippen molar-refractivity contribution in [2.45, 2.75) is 77.6 Å². The smallest absolute Gasteiger partial charge is 0.309 e. The first-order chi connectivity index (χ1) is 10.5. The summed E-state index contributed by atoms with van der Waals surface area (Å²) in [5.74, 6) is 0.333. The lowest BCUT2D eigenvalue weighted by atomic mass is 9.77. The van der Waals surface area contributed by atoms with Crippen LogP contribution in [0.2, 0.25) is 0 Å². The maximum Gasteiger partial charge on any atom is 0.309 e. The van der Waals surface area contributed by atoms with Crippen LogP contribution in [0, 0.1) is 5.41 Å². The van der Waals surface area contributed by atoms with Crippen LogP contribution < -0.4 is 0 Å². The summed E-state index contributed by atoms with van der Waals surface area (Å²) in [4.78, 5) is 11.5. The van der Waals surface area contributed by atoms with Gasteiger partial charge in [0, 0.05) is 0 Å². The van der Waals surface area contributed by atoms with Crippen LogP contribution in [-0.2, 0) is 4.79 Å². The maximum absolute atomic E-state index is 11.5. The Morgan fingerprint density at radius 1 is 1.23 bits per heavy atom. The molecule has 0 aromatic heterocycles. The van der Waals surface area contributed by atoms with Crippen LogP contribution in [0.25, 0.3) is 0 Å². The van der Waals surface area contributed by atoms with Gasteiger partial charge in [-0.25, -0.2) is 0 Å². The van der Waals surface area contributed by atoms with E-state index in [1.807, 2.05) is 13.8 Å². The van der Waals surface area contributed by atoms with E-state index in [1.54, 1.807) is 0 Å². The lowest BCUT2D eigenvalue weighted by Crippen LogP contribution is -2.28. The van der Waals surface area contributed by atoms with Crippen LogP contribution in [0.5, 0.6) is 0 Å². The van der Waals surface area contributed by atoms with Crippen molar-refractivity contribution in [3.05, 3.63) is 35.4 Å². The quantitative estimate of drug-likeness (QED) is 0.728. The molecule has 2 rings (SSSR count). The number of benzene rings is 1. The number of carboxylic acid groups (broad SMARTS) is 1. The van der Waals surface area contributed by atoms with Gasteiger partial charge in [-0.2, -0.15) is 0 Å². The van der Waals surface area contributed by atoms with E-state index in [9.17, 15) is 9.90 Å². The minimum absolute atomic E-state index is 0.279. The van der Waals surface area contributed by atoms with E-state index in [0.29, 0.717) is 12.8 Å². The highest BCUT2D eigenvalue weighted by Crippen LogP contribution is 2.36. The largest absolute Gasteiger partial charge is 0.481 e. The summed E-state index contributed by atoms with van der Waals surface area (Å²) in [6, 6.07) is 8.97. The molecule has 0 radical (unpaired) electrons. The second kappa shape index (κ2) is 7.30. The molecule has 2 nitrogen and oxygen atoms in total. The molecule has 1 N–H and O–H groups in total. The van der Waals surface area contributed by atoms with E-state index in [4.69, 9.17) is 0 Å². The Balaban J connectivity index is 2.04. The van der Waals surface area contributed by atoms with Crippen molar-refractivity contribution >= 4 is 5.97 Å². The van der Waals surface area contributed by atoms with Crippen LogP contribution >= 0.6 is 0 Å². The van der Waals surface area contributed by atoms with Crippen LogP contribution in [0.15, 0.2) is 24.3 Å². The molecule has 0 saturated heterocycles. The SMILES string of the molecule is CCC(C)(CC(C)c1ccc(C2CCCCC2)cc1)C(=O)O. The first-order valence-corrected chi connectivity index (χ1v) is 8.79. The first-order valence-electron chi connectivity index (χ1n) is 8.79. The number of carboxylic acids is 1. The number of hydrogen-bond acceptors (Lipinski definition) is 1. The van der Waals surface area contributed by atoms with Gasteiger partial charge in [-0.15, -0.1) is 0 Å². The summed E-state index contributed by atoms with van der Waals surface area (Å²) in [7, 11) is 0. The van der Waals surface area contributed by atoms with Gasteiger partial charge in [0.1, 0.15) is 0 Å². The van der Waals surface area contributed by atoms with Crippen molar-refractivity contribution in [2.24, 2.45) is 5.41 Å². The van der Waals surface area contributed by atoms with Crippen LogP contribution in [-0.4, -0.2) is 11.1 Å². The Morgan fingerprint density at radius 3 is 2.32 bits per heavy atom. The zero-order chi connectivity index (χ0) is 16.2. The van der Waals surface area contributed by atoms with E-state index in [0.717, 1.165) is 5.92 Å². The second-order valence-electron chi connectivity index (χ2n) is 7.33. The van der Waals surface area contributed by atoms with Crippen molar-refractivity contribution < 1.29 is 9.90 Å². The zero-order valence-electron chi connectivity index (χ0n) is 14.3. The Kier molecular flexibility index (Phi) is 5.66. The fourth-order valence-electron chi connectivity index (χ4n) is 3.71. The van der Waals surface area contributed by atoms with Crippen LogP contribution in [0.3, 0.4) is 0 Å². The Hall–Kier alpha value is -1.31. The van der Waals surface area contributed by atoms with E-state index in [1.165, 1.54) is 43.2 Å². The molecule has 0 spiro atoms. The number of aliphatic carboxylic acids is 1. The van der Waals surface area contributed by atoms with E-state index in [2.05, 4.69) is 31.2 Å². The molecular formula is C20H30O2. The topological polar surface area (TPSA) is 37.3 Å². The Bertz CT molecular complexity index is 485. The molecule has 1 aliphatic carbocycles. The average Bonchev–Trinajstić information content (AvgIpc) is 2.55. The second-order valence-corrected chi connectivity index (χ2v) is 7.33. The number of carbonyl (C=O) groups is 1. The predicted molar refractivity (Wildman–Crippen MR) is 91.3 cm³/mol. The summed E-state index contributed by atoms with van der Waals surface area (Å²) in [5.41, 5.74) is 2.11. The number of rotatable bonds is 6. The summed E-state index contributed by atoms with van der Waals surface area (Å²) >= 11 is 0. The lowest BCUT2D eigenvalue weighted by Gasteiger charge is -2.27. The normalized spacial score (nSPS) is 20.3. The molecule has 1 fully saturated rings. The van der Waals surface area contributed by atoms with Gasteiger partial charge in [-0.1, -0.05) is 57.4 Å². The van der Waals surface area contributed by atoms with E-state index < -0.39 is 11.4 Å². The fraction of sp³-hybridized carbons (Fsp3) is 0.650. The minimum atomic E-state index is -0.680. The molecule has 2 atom stereocenters. The molecule has 0 aliphatic heterocycles. The molecule has 2 unspecified atom stereocenters. The van der Waals surface area contributed by atoms with E-state index in [-0.39, 0.29) is 5.92 Å². The zero-order valence-corrected chi connectivity index (χ0v) is 14.3. The molecule has 1 saturated carbocycles. The van der Waals surface area contributed by atoms with Crippen LogP contribution in [0.1, 0.15) is 88.7 Å². The Labute approximate surface area is 134 Å². The molecule has 22 heavy (non-hydrogen) atoms. The summed E-state index contributed by atoms with van der Waals surface area (Å²) in [5, 5.41) is 9.44.